The number of carbonyl (C=O) groups excluding carboxylic acids is 2. The summed E-state index contributed by atoms with van der Waals surface area (Å²) in [6.07, 6.45) is -0.392. The van der Waals surface area contributed by atoms with E-state index in [0.29, 0.717) is 18.1 Å². The van der Waals surface area contributed by atoms with Gasteiger partial charge in [-0.25, -0.2) is 8.42 Å². The molecular weight excluding hydrogens is 442 g/mol. The monoisotopic (exact) mass is 465 g/mol. The number of benzene rings is 2. The van der Waals surface area contributed by atoms with Gasteiger partial charge in [-0.2, -0.15) is 4.31 Å². The highest BCUT2D eigenvalue weighted by Gasteiger charge is 2.34. The fourth-order valence-electron chi connectivity index (χ4n) is 3.07. The summed E-state index contributed by atoms with van der Waals surface area (Å²) < 4.78 is 32.7. The standard InChI is InChI=1S/C21H24ClN3O5S/c1-15-3-5-16(6-4-15)13-23-20(26)21(27)24-14-19-25(11-2-12-30-19)31(28,29)18-9-7-17(22)8-10-18/h3-10,19H,2,11-14H2,1H3,(H,23,26)(H,24,27)/t19-/m1/s1. The van der Waals surface area contributed by atoms with E-state index in [1.807, 2.05) is 31.2 Å². The maximum absolute atomic E-state index is 13.0. The zero-order valence-corrected chi connectivity index (χ0v) is 18.6. The molecule has 1 aliphatic rings. The van der Waals surface area contributed by atoms with Crippen LogP contribution in [0.3, 0.4) is 0 Å². The smallest absolute Gasteiger partial charge is 0.309 e. The van der Waals surface area contributed by atoms with Crippen LogP contribution in [0, 0.1) is 6.92 Å². The number of rotatable bonds is 6. The van der Waals surface area contributed by atoms with Crippen LogP contribution in [0.25, 0.3) is 0 Å². The SMILES string of the molecule is Cc1ccc(CNC(=O)C(=O)NC[C@H]2OCCCN2S(=O)(=O)c2ccc(Cl)cc2)cc1. The molecule has 2 aromatic rings. The second-order valence-corrected chi connectivity index (χ2v) is 9.45. The summed E-state index contributed by atoms with van der Waals surface area (Å²) in [5.41, 5.74) is 1.96. The minimum atomic E-state index is -3.85. The molecule has 1 aliphatic heterocycles. The van der Waals surface area contributed by atoms with Crippen LogP contribution in [0.5, 0.6) is 0 Å². The molecule has 0 aromatic heterocycles. The van der Waals surface area contributed by atoms with Crippen molar-refractivity contribution < 1.29 is 22.7 Å². The quantitative estimate of drug-likeness (QED) is 0.633. The average Bonchev–Trinajstić information content (AvgIpc) is 2.77. The molecule has 1 fully saturated rings. The van der Waals surface area contributed by atoms with E-state index < -0.39 is 28.1 Å². The molecule has 0 aliphatic carbocycles. The molecule has 1 heterocycles. The number of nitrogens with one attached hydrogen (secondary N) is 2. The Labute approximate surface area is 186 Å². The van der Waals surface area contributed by atoms with Crippen molar-refractivity contribution in [1.29, 1.82) is 0 Å². The van der Waals surface area contributed by atoms with Gasteiger partial charge in [-0.1, -0.05) is 41.4 Å². The third-order valence-electron chi connectivity index (χ3n) is 4.79. The number of amides is 2. The first-order chi connectivity index (χ1) is 14.8. The number of halogens is 1. The Hall–Kier alpha value is -2.46. The Balaban J connectivity index is 1.58. The van der Waals surface area contributed by atoms with Crippen molar-refractivity contribution in [2.75, 3.05) is 19.7 Å². The number of sulfonamides is 1. The van der Waals surface area contributed by atoms with Crippen molar-refractivity contribution in [1.82, 2.24) is 14.9 Å². The third-order valence-corrected chi connectivity index (χ3v) is 6.95. The van der Waals surface area contributed by atoms with E-state index in [2.05, 4.69) is 10.6 Å². The van der Waals surface area contributed by atoms with Gasteiger partial charge in [-0.3, -0.25) is 9.59 Å². The average molecular weight is 466 g/mol. The summed E-state index contributed by atoms with van der Waals surface area (Å²) in [7, 11) is -3.85. The number of aryl methyl sites for hydroxylation is 1. The maximum atomic E-state index is 13.0. The van der Waals surface area contributed by atoms with E-state index in [4.69, 9.17) is 16.3 Å². The molecular formula is C21H24ClN3O5S. The first kappa shape index (κ1) is 23.2. The molecule has 1 saturated heterocycles. The number of hydrogen-bond donors (Lipinski definition) is 2. The number of nitrogens with zero attached hydrogens (tertiary/aromatic N) is 1. The summed E-state index contributed by atoms with van der Waals surface area (Å²) in [4.78, 5) is 24.3. The highest BCUT2D eigenvalue weighted by atomic mass is 35.5. The van der Waals surface area contributed by atoms with Crippen LogP contribution in [0.1, 0.15) is 17.5 Å². The van der Waals surface area contributed by atoms with Crippen LogP contribution in [-0.2, 0) is 30.9 Å². The predicted molar refractivity (Wildman–Crippen MR) is 116 cm³/mol. The fraction of sp³-hybridized carbons (Fsp3) is 0.333. The number of carbonyl (C=O) groups is 2. The van der Waals surface area contributed by atoms with Gasteiger partial charge >= 0.3 is 11.8 Å². The number of ether oxygens (including phenoxy) is 1. The summed E-state index contributed by atoms with van der Waals surface area (Å²) in [6, 6.07) is 13.4. The Morgan fingerprint density at radius 1 is 1.06 bits per heavy atom. The zero-order chi connectivity index (χ0) is 22.4. The van der Waals surface area contributed by atoms with Gasteiger partial charge in [0.05, 0.1) is 18.0 Å². The molecule has 0 bridgehead atoms. The van der Waals surface area contributed by atoms with Crippen LogP contribution >= 0.6 is 11.6 Å². The molecule has 166 valence electrons. The van der Waals surface area contributed by atoms with Gasteiger partial charge in [0.1, 0.15) is 6.23 Å². The molecule has 0 saturated carbocycles. The van der Waals surface area contributed by atoms with Gasteiger partial charge in [0.2, 0.25) is 10.0 Å². The lowest BCUT2D eigenvalue weighted by Gasteiger charge is -2.34. The lowest BCUT2D eigenvalue weighted by molar-refractivity contribution is -0.140. The summed E-state index contributed by atoms with van der Waals surface area (Å²) in [6.45, 7) is 2.62. The van der Waals surface area contributed by atoms with E-state index in [-0.39, 0.29) is 24.5 Å². The highest BCUT2D eigenvalue weighted by Crippen LogP contribution is 2.23. The van der Waals surface area contributed by atoms with Crippen molar-refractivity contribution >= 4 is 33.4 Å². The van der Waals surface area contributed by atoms with Crippen LogP contribution < -0.4 is 10.6 Å². The third kappa shape index (κ3) is 6.04. The zero-order valence-electron chi connectivity index (χ0n) is 17.0. The van der Waals surface area contributed by atoms with Gasteiger partial charge in [0.15, 0.2) is 0 Å². The summed E-state index contributed by atoms with van der Waals surface area (Å²) >= 11 is 5.84. The second kappa shape index (κ2) is 10.2. The highest BCUT2D eigenvalue weighted by molar-refractivity contribution is 7.89. The molecule has 8 nitrogen and oxygen atoms in total. The van der Waals surface area contributed by atoms with E-state index >= 15 is 0 Å². The Bertz CT molecular complexity index is 1030. The minimum Gasteiger partial charge on any atom is -0.360 e. The maximum Gasteiger partial charge on any atom is 0.309 e. The Kier molecular flexibility index (Phi) is 7.66. The summed E-state index contributed by atoms with van der Waals surface area (Å²) in [5, 5.41) is 5.42. The van der Waals surface area contributed by atoms with Crippen molar-refractivity contribution in [3.8, 4) is 0 Å². The molecule has 2 amide bonds. The molecule has 1 atom stereocenters. The van der Waals surface area contributed by atoms with Gasteiger partial charge in [-0.15, -0.1) is 0 Å². The molecule has 31 heavy (non-hydrogen) atoms. The Morgan fingerprint density at radius 3 is 2.39 bits per heavy atom. The molecule has 2 aromatic carbocycles. The normalized spacial score (nSPS) is 17.2. The first-order valence-corrected chi connectivity index (χ1v) is 11.6. The lowest BCUT2D eigenvalue weighted by atomic mass is 10.1. The van der Waals surface area contributed by atoms with Gasteiger partial charge in [0, 0.05) is 18.1 Å². The van der Waals surface area contributed by atoms with Crippen LogP contribution in [0.2, 0.25) is 5.02 Å². The van der Waals surface area contributed by atoms with Crippen molar-refractivity contribution in [3.63, 3.8) is 0 Å². The van der Waals surface area contributed by atoms with Gasteiger partial charge < -0.3 is 15.4 Å². The molecule has 0 spiro atoms. The van der Waals surface area contributed by atoms with Crippen molar-refractivity contribution in [3.05, 3.63) is 64.7 Å². The van der Waals surface area contributed by atoms with E-state index in [1.54, 1.807) is 0 Å². The van der Waals surface area contributed by atoms with Crippen molar-refractivity contribution in [2.24, 2.45) is 0 Å². The lowest BCUT2D eigenvalue weighted by Crippen LogP contribution is -2.53. The largest absolute Gasteiger partial charge is 0.360 e. The molecule has 3 rings (SSSR count). The van der Waals surface area contributed by atoms with Gasteiger partial charge in [-0.05, 0) is 43.2 Å². The van der Waals surface area contributed by atoms with Crippen LogP contribution in [-0.4, -0.2) is 50.5 Å². The van der Waals surface area contributed by atoms with E-state index in [9.17, 15) is 18.0 Å². The fourth-order valence-corrected chi connectivity index (χ4v) is 4.76. The molecule has 0 radical (unpaired) electrons. The Morgan fingerprint density at radius 2 is 1.71 bits per heavy atom. The van der Waals surface area contributed by atoms with E-state index in [1.165, 1.54) is 28.6 Å². The molecule has 10 heteroatoms. The summed E-state index contributed by atoms with van der Waals surface area (Å²) in [5.74, 6) is -1.66. The van der Waals surface area contributed by atoms with Crippen LogP contribution in [0.4, 0.5) is 0 Å². The minimum absolute atomic E-state index is 0.0783. The van der Waals surface area contributed by atoms with Gasteiger partial charge in [0.25, 0.3) is 0 Å². The second-order valence-electron chi connectivity index (χ2n) is 7.13. The van der Waals surface area contributed by atoms with E-state index in [0.717, 1.165) is 11.1 Å². The first-order valence-electron chi connectivity index (χ1n) is 9.78. The topological polar surface area (TPSA) is 105 Å². The predicted octanol–water partition coefficient (Wildman–Crippen LogP) is 1.82. The number of hydrogen-bond acceptors (Lipinski definition) is 5. The molecule has 2 N–H and O–H groups in total. The van der Waals surface area contributed by atoms with Crippen molar-refractivity contribution in [2.45, 2.75) is 31.0 Å². The van der Waals surface area contributed by atoms with Crippen LogP contribution in [0.15, 0.2) is 53.4 Å². The molecule has 0 unspecified atom stereocenters.